The Morgan fingerprint density at radius 1 is 0.929 bits per heavy atom. The predicted octanol–water partition coefficient (Wildman–Crippen LogP) is 4.84. The highest BCUT2D eigenvalue weighted by Crippen LogP contribution is 2.25. The Kier molecular flexibility index (Phi) is 5.67. The molecule has 0 aliphatic carbocycles. The van der Waals surface area contributed by atoms with Gasteiger partial charge in [-0.25, -0.2) is 12.8 Å². The summed E-state index contributed by atoms with van der Waals surface area (Å²) < 4.78 is 40.6. The molecule has 8 heteroatoms. The molecule has 3 rings (SSSR count). The van der Waals surface area contributed by atoms with E-state index in [-0.39, 0.29) is 16.1 Å². The molecule has 0 spiro atoms. The lowest BCUT2D eigenvalue weighted by atomic mass is 10.1. The highest BCUT2D eigenvalue weighted by atomic mass is 35.5. The highest BCUT2D eigenvalue weighted by Gasteiger charge is 2.19. The molecule has 3 aromatic carbocycles. The van der Waals surface area contributed by atoms with E-state index in [1.165, 1.54) is 12.1 Å². The van der Waals surface area contributed by atoms with E-state index in [1.807, 2.05) is 0 Å². The molecule has 1 amide bonds. The topological polar surface area (TPSA) is 75.3 Å². The SMILES string of the molecule is Cc1c(Cl)cccc1NC(=O)c1ccccc1NS(=O)(=O)c1ccc(F)cc1. The minimum Gasteiger partial charge on any atom is -0.322 e. The number of halogens is 2. The second-order valence-electron chi connectivity index (χ2n) is 5.97. The van der Waals surface area contributed by atoms with Crippen molar-refractivity contribution in [1.82, 2.24) is 0 Å². The van der Waals surface area contributed by atoms with Gasteiger partial charge in [0.15, 0.2) is 0 Å². The molecule has 0 unspecified atom stereocenters. The second-order valence-corrected chi connectivity index (χ2v) is 8.06. The molecule has 0 radical (unpaired) electrons. The minimum atomic E-state index is -3.99. The maximum absolute atomic E-state index is 13.1. The van der Waals surface area contributed by atoms with E-state index >= 15 is 0 Å². The monoisotopic (exact) mass is 418 g/mol. The van der Waals surface area contributed by atoms with Gasteiger partial charge in [0.05, 0.1) is 16.1 Å². The van der Waals surface area contributed by atoms with Gasteiger partial charge in [0.1, 0.15) is 5.82 Å². The maximum Gasteiger partial charge on any atom is 0.261 e. The Balaban J connectivity index is 1.89. The number of hydrogen-bond donors (Lipinski definition) is 2. The zero-order valence-electron chi connectivity index (χ0n) is 14.7. The fourth-order valence-electron chi connectivity index (χ4n) is 2.52. The number of amides is 1. The molecule has 0 aromatic heterocycles. The first kappa shape index (κ1) is 19.9. The third-order valence-corrected chi connectivity index (χ3v) is 5.85. The van der Waals surface area contributed by atoms with Gasteiger partial charge in [-0.3, -0.25) is 9.52 Å². The molecule has 0 atom stereocenters. The summed E-state index contributed by atoms with van der Waals surface area (Å²) in [5, 5.41) is 3.24. The summed E-state index contributed by atoms with van der Waals surface area (Å²) >= 11 is 6.07. The minimum absolute atomic E-state index is 0.101. The maximum atomic E-state index is 13.1. The Labute approximate surface area is 167 Å². The van der Waals surface area contributed by atoms with Crippen LogP contribution in [0.2, 0.25) is 5.02 Å². The number of anilines is 2. The highest BCUT2D eigenvalue weighted by molar-refractivity contribution is 7.92. The zero-order valence-corrected chi connectivity index (χ0v) is 16.3. The van der Waals surface area contributed by atoms with Crippen LogP contribution < -0.4 is 10.0 Å². The van der Waals surface area contributed by atoms with Crippen LogP contribution in [0.3, 0.4) is 0 Å². The number of carbonyl (C=O) groups excluding carboxylic acids is 1. The van der Waals surface area contributed by atoms with Crippen LogP contribution in [0, 0.1) is 12.7 Å². The van der Waals surface area contributed by atoms with Crippen molar-refractivity contribution in [3.63, 3.8) is 0 Å². The van der Waals surface area contributed by atoms with Crippen molar-refractivity contribution in [3.05, 3.63) is 88.7 Å². The molecule has 0 saturated heterocycles. The van der Waals surface area contributed by atoms with Gasteiger partial charge < -0.3 is 5.32 Å². The van der Waals surface area contributed by atoms with Crippen molar-refractivity contribution in [1.29, 1.82) is 0 Å². The summed E-state index contributed by atoms with van der Waals surface area (Å²) in [5.41, 5.74) is 1.45. The second kappa shape index (κ2) is 8.00. The fraction of sp³-hybridized carbons (Fsp3) is 0.0500. The summed E-state index contributed by atoms with van der Waals surface area (Å²) in [6, 6.07) is 15.7. The van der Waals surface area contributed by atoms with Crippen molar-refractivity contribution >= 4 is 38.9 Å². The number of hydrogen-bond acceptors (Lipinski definition) is 3. The summed E-state index contributed by atoms with van der Waals surface area (Å²) in [5.74, 6) is -1.04. The van der Waals surface area contributed by atoms with E-state index in [0.717, 1.165) is 24.3 Å². The van der Waals surface area contributed by atoms with E-state index in [0.29, 0.717) is 16.3 Å². The summed E-state index contributed by atoms with van der Waals surface area (Å²) in [6.07, 6.45) is 0. The molecular formula is C20H16ClFN2O3S. The number of carbonyl (C=O) groups is 1. The summed E-state index contributed by atoms with van der Waals surface area (Å²) in [6.45, 7) is 1.76. The average Bonchev–Trinajstić information content (AvgIpc) is 2.66. The molecular weight excluding hydrogens is 403 g/mol. The number of sulfonamides is 1. The van der Waals surface area contributed by atoms with E-state index < -0.39 is 21.7 Å². The van der Waals surface area contributed by atoms with Gasteiger partial charge in [-0.15, -0.1) is 0 Å². The van der Waals surface area contributed by atoms with Gasteiger partial charge >= 0.3 is 0 Å². The third kappa shape index (κ3) is 4.32. The van der Waals surface area contributed by atoms with Gasteiger partial charge in [0.2, 0.25) is 0 Å². The lowest BCUT2D eigenvalue weighted by Gasteiger charge is -2.14. The number of benzene rings is 3. The number of para-hydroxylation sites is 1. The smallest absolute Gasteiger partial charge is 0.261 e. The van der Waals surface area contributed by atoms with Crippen LogP contribution in [0.15, 0.2) is 71.6 Å². The first-order valence-corrected chi connectivity index (χ1v) is 10.1. The Bertz CT molecular complexity index is 1130. The van der Waals surface area contributed by atoms with Crippen LogP contribution in [0.4, 0.5) is 15.8 Å². The number of nitrogens with one attached hydrogen (secondary N) is 2. The molecule has 0 aliphatic heterocycles. The molecule has 5 nitrogen and oxygen atoms in total. The van der Waals surface area contributed by atoms with Gasteiger partial charge in [0.25, 0.3) is 15.9 Å². The summed E-state index contributed by atoms with van der Waals surface area (Å²) in [7, 11) is -3.99. The van der Waals surface area contributed by atoms with E-state index in [9.17, 15) is 17.6 Å². The van der Waals surface area contributed by atoms with Crippen LogP contribution in [-0.2, 0) is 10.0 Å². The lowest BCUT2D eigenvalue weighted by molar-refractivity contribution is 0.102. The number of rotatable bonds is 5. The standard InChI is InChI=1S/C20H16ClFN2O3S/c1-13-17(21)6-4-8-18(13)23-20(25)16-5-2-3-7-19(16)24-28(26,27)15-11-9-14(22)10-12-15/h2-12,24H,1H3,(H,23,25). The molecule has 0 aliphatic rings. The van der Waals surface area contributed by atoms with E-state index in [4.69, 9.17) is 11.6 Å². The molecule has 2 N–H and O–H groups in total. The molecule has 28 heavy (non-hydrogen) atoms. The van der Waals surface area contributed by atoms with Crippen molar-refractivity contribution in [2.75, 3.05) is 10.0 Å². The average molecular weight is 419 g/mol. The molecule has 3 aromatic rings. The van der Waals surface area contributed by atoms with Gasteiger partial charge in [-0.05, 0) is 61.0 Å². The molecule has 0 bridgehead atoms. The zero-order chi connectivity index (χ0) is 20.3. The summed E-state index contributed by atoms with van der Waals surface area (Å²) in [4.78, 5) is 12.6. The van der Waals surface area contributed by atoms with Crippen LogP contribution >= 0.6 is 11.6 Å². The first-order valence-electron chi connectivity index (χ1n) is 8.22. The van der Waals surface area contributed by atoms with Crippen LogP contribution in [0.1, 0.15) is 15.9 Å². The normalized spacial score (nSPS) is 11.1. The van der Waals surface area contributed by atoms with Crippen LogP contribution in [0.25, 0.3) is 0 Å². The quantitative estimate of drug-likeness (QED) is 0.622. The van der Waals surface area contributed by atoms with Crippen molar-refractivity contribution in [2.24, 2.45) is 0 Å². The Hall–Kier alpha value is -2.90. The molecule has 0 fully saturated rings. The Morgan fingerprint density at radius 2 is 1.57 bits per heavy atom. The fourth-order valence-corrected chi connectivity index (χ4v) is 3.77. The molecule has 144 valence electrons. The van der Waals surface area contributed by atoms with E-state index in [1.54, 1.807) is 37.3 Å². The van der Waals surface area contributed by atoms with Gasteiger partial charge in [-0.1, -0.05) is 29.8 Å². The van der Waals surface area contributed by atoms with E-state index in [2.05, 4.69) is 10.0 Å². The largest absolute Gasteiger partial charge is 0.322 e. The first-order chi connectivity index (χ1) is 13.3. The van der Waals surface area contributed by atoms with Gasteiger partial charge in [0, 0.05) is 10.7 Å². The van der Waals surface area contributed by atoms with Crippen LogP contribution in [0.5, 0.6) is 0 Å². The molecule has 0 saturated carbocycles. The van der Waals surface area contributed by atoms with Gasteiger partial charge in [-0.2, -0.15) is 0 Å². The van der Waals surface area contributed by atoms with Crippen molar-refractivity contribution < 1.29 is 17.6 Å². The Morgan fingerprint density at radius 3 is 2.29 bits per heavy atom. The predicted molar refractivity (Wildman–Crippen MR) is 108 cm³/mol. The lowest BCUT2D eigenvalue weighted by Crippen LogP contribution is -2.19. The van der Waals surface area contributed by atoms with Crippen molar-refractivity contribution in [3.8, 4) is 0 Å². The van der Waals surface area contributed by atoms with Crippen molar-refractivity contribution in [2.45, 2.75) is 11.8 Å². The third-order valence-electron chi connectivity index (χ3n) is 4.06. The molecule has 0 heterocycles. The van der Waals surface area contributed by atoms with Crippen LogP contribution in [-0.4, -0.2) is 14.3 Å².